The molecule has 1 aromatic rings. The van der Waals surface area contributed by atoms with Crippen molar-refractivity contribution in [2.75, 3.05) is 13.1 Å². The molecular formula is C15H23NO. The summed E-state index contributed by atoms with van der Waals surface area (Å²) < 4.78 is 0. The predicted molar refractivity (Wildman–Crippen MR) is 73.9 cm³/mol. The summed E-state index contributed by atoms with van der Waals surface area (Å²) in [5.74, 6) is 0. The number of rotatable bonds is 6. The Balaban J connectivity index is 2.49. The van der Waals surface area contributed by atoms with Gasteiger partial charge in [0.25, 0.3) is 0 Å². The van der Waals surface area contributed by atoms with Gasteiger partial charge in [-0.15, -0.1) is 0 Å². The van der Waals surface area contributed by atoms with E-state index in [0.29, 0.717) is 6.04 Å². The van der Waals surface area contributed by atoms with Gasteiger partial charge < -0.3 is 5.11 Å². The monoisotopic (exact) mass is 233 g/mol. The largest absolute Gasteiger partial charge is 0.392 e. The Morgan fingerprint density at radius 2 is 1.82 bits per heavy atom. The minimum atomic E-state index is -0.275. The lowest BCUT2D eigenvalue weighted by atomic mass is 10.2. The van der Waals surface area contributed by atoms with E-state index in [4.69, 9.17) is 0 Å². The number of hydrogen-bond acceptors (Lipinski definition) is 2. The third kappa shape index (κ3) is 5.66. The molecule has 2 heteroatoms. The molecule has 0 saturated carbocycles. The molecule has 0 aliphatic rings. The third-order valence-corrected chi connectivity index (χ3v) is 2.68. The summed E-state index contributed by atoms with van der Waals surface area (Å²) >= 11 is 0. The van der Waals surface area contributed by atoms with E-state index in [1.807, 2.05) is 25.1 Å². The fourth-order valence-electron chi connectivity index (χ4n) is 1.72. The molecule has 0 radical (unpaired) electrons. The molecule has 0 heterocycles. The molecule has 1 atom stereocenters. The summed E-state index contributed by atoms with van der Waals surface area (Å²) in [6, 6.07) is 10.7. The van der Waals surface area contributed by atoms with Crippen molar-refractivity contribution in [1.29, 1.82) is 0 Å². The zero-order valence-corrected chi connectivity index (χ0v) is 11.0. The Kier molecular flexibility index (Phi) is 5.95. The molecular weight excluding hydrogens is 210 g/mol. The van der Waals surface area contributed by atoms with Gasteiger partial charge in [-0.3, -0.25) is 4.90 Å². The third-order valence-electron chi connectivity index (χ3n) is 2.68. The Morgan fingerprint density at radius 1 is 1.18 bits per heavy atom. The average molecular weight is 233 g/mol. The zero-order valence-electron chi connectivity index (χ0n) is 11.0. The number of aliphatic hydroxyl groups excluding tert-OH is 1. The van der Waals surface area contributed by atoms with Crippen LogP contribution in [0.2, 0.25) is 0 Å². The van der Waals surface area contributed by atoms with Crippen LogP contribution in [0.3, 0.4) is 0 Å². The minimum absolute atomic E-state index is 0.275. The SMILES string of the molecule is CC(O)CN(CC=Cc1ccccc1)C(C)C. The predicted octanol–water partition coefficient (Wildman–Crippen LogP) is 2.79. The Labute approximate surface area is 105 Å². The van der Waals surface area contributed by atoms with Crippen molar-refractivity contribution in [1.82, 2.24) is 4.90 Å². The van der Waals surface area contributed by atoms with Crippen molar-refractivity contribution in [3.63, 3.8) is 0 Å². The molecule has 0 saturated heterocycles. The van der Waals surface area contributed by atoms with Gasteiger partial charge in [0.1, 0.15) is 0 Å². The first-order valence-electron chi connectivity index (χ1n) is 6.23. The quantitative estimate of drug-likeness (QED) is 0.816. The molecule has 0 aliphatic carbocycles. The molecule has 2 nitrogen and oxygen atoms in total. The Hall–Kier alpha value is -1.12. The van der Waals surface area contributed by atoms with Crippen molar-refractivity contribution < 1.29 is 5.11 Å². The van der Waals surface area contributed by atoms with Crippen molar-refractivity contribution in [3.8, 4) is 0 Å². The van der Waals surface area contributed by atoms with Crippen LogP contribution in [0, 0.1) is 0 Å². The van der Waals surface area contributed by atoms with Crippen LogP contribution in [-0.4, -0.2) is 35.2 Å². The first-order chi connectivity index (χ1) is 8.09. The van der Waals surface area contributed by atoms with E-state index >= 15 is 0 Å². The van der Waals surface area contributed by atoms with Crippen LogP contribution in [0.5, 0.6) is 0 Å². The lowest BCUT2D eigenvalue weighted by Crippen LogP contribution is -2.36. The van der Waals surface area contributed by atoms with Gasteiger partial charge in [0.15, 0.2) is 0 Å². The van der Waals surface area contributed by atoms with Crippen LogP contribution >= 0.6 is 0 Å². The zero-order chi connectivity index (χ0) is 12.7. The molecule has 0 aromatic heterocycles. The molecule has 0 aliphatic heterocycles. The van der Waals surface area contributed by atoms with Crippen LogP contribution < -0.4 is 0 Å². The van der Waals surface area contributed by atoms with Crippen LogP contribution in [0.15, 0.2) is 36.4 Å². The van der Waals surface area contributed by atoms with E-state index in [9.17, 15) is 5.11 Å². The second-order valence-electron chi connectivity index (χ2n) is 4.71. The molecule has 1 unspecified atom stereocenters. The fraction of sp³-hybridized carbons (Fsp3) is 0.467. The number of aliphatic hydroxyl groups is 1. The van der Waals surface area contributed by atoms with Crippen LogP contribution in [-0.2, 0) is 0 Å². The number of nitrogens with zero attached hydrogens (tertiary/aromatic N) is 1. The number of benzene rings is 1. The molecule has 1 N–H and O–H groups in total. The molecule has 0 amide bonds. The van der Waals surface area contributed by atoms with E-state index in [2.05, 4.69) is 43.0 Å². The molecule has 0 bridgehead atoms. The van der Waals surface area contributed by atoms with Crippen molar-refractivity contribution >= 4 is 6.08 Å². The van der Waals surface area contributed by atoms with Gasteiger partial charge in [0.05, 0.1) is 6.10 Å². The van der Waals surface area contributed by atoms with E-state index in [1.165, 1.54) is 5.56 Å². The highest BCUT2D eigenvalue weighted by Gasteiger charge is 2.09. The van der Waals surface area contributed by atoms with Gasteiger partial charge in [-0.2, -0.15) is 0 Å². The van der Waals surface area contributed by atoms with E-state index in [-0.39, 0.29) is 6.10 Å². The molecule has 94 valence electrons. The van der Waals surface area contributed by atoms with Crippen molar-refractivity contribution in [2.45, 2.75) is 32.9 Å². The van der Waals surface area contributed by atoms with E-state index < -0.39 is 0 Å². The summed E-state index contributed by atoms with van der Waals surface area (Å²) in [7, 11) is 0. The first kappa shape index (κ1) is 13.9. The highest BCUT2D eigenvalue weighted by atomic mass is 16.3. The molecule has 17 heavy (non-hydrogen) atoms. The van der Waals surface area contributed by atoms with Crippen molar-refractivity contribution in [2.24, 2.45) is 0 Å². The lowest BCUT2D eigenvalue weighted by Gasteiger charge is -2.26. The average Bonchev–Trinajstić information content (AvgIpc) is 2.28. The lowest BCUT2D eigenvalue weighted by molar-refractivity contribution is 0.116. The number of hydrogen-bond donors (Lipinski definition) is 1. The highest BCUT2D eigenvalue weighted by Crippen LogP contribution is 2.04. The van der Waals surface area contributed by atoms with Gasteiger partial charge in [-0.1, -0.05) is 42.5 Å². The second-order valence-corrected chi connectivity index (χ2v) is 4.71. The molecule has 1 aromatic carbocycles. The van der Waals surface area contributed by atoms with Crippen LogP contribution in [0.4, 0.5) is 0 Å². The van der Waals surface area contributed by atoms with Crippen LogP contribution in [0.1, 0.15) is 26.3 Å². The maximum absolute atomic E-state index is 9.42. The second kappa shape index (κ2) is 7.25. The van der Waals surface area contributed by atoms with Gasteiger partial charge in [-0.25, -0.2) is 0 Å². The topological polar surface area (TPSA) is 23.5 Å². The Morgan fingerprint density at radius 3 is 2.35 bits per heavy atom. The van der Waals surface area contributed by atoms with Gasteiger partial charge in [0.2, 0.25) is 0 Å². The van der Waals surface area contributed by atoms with Gasteiger partial charge in [0, 0.05) is 19.1 Å². The van der Waals surface area contributed by atoms with Crippen LogP contribution in [0.25, 0.3) is 6.08 Å². The Bertz CT molecular complexity index is 330. The van der Waals surface area contributed by atoms with Crippen molar-refractivity contribution in [3.05, 3.63) is 42.0 Å². The standard InChI is InChI=1S/C15H23NO/c1-13(2)16(12-14(3)17)11-7-10-15-8-5-4-6-9-15/h4-10,13-14,17H,11-12H2,1-3H3. The van der Waals surface area contributed by atoms with E-state index in [0.717, 1.165) is 13.1 Å². The highest BCUT2D eigenvalue weighted by molar-refractivity contribution is 5.48. The molecule has 0 fully saturated rings. The summed E-state index contributed by atoms with van der Waals surface area (Å²) in [5, 5.41) is 9.42. The first-order valence-corrected chi connectivity index (χ1v) is 6.23. The summed E-state index contributed by atoms with van der Waals surface area (Å²) in [4.78, 5) is 2.25. The minimum Gasteiger partial charge on any atom is -0.392 e. The fourth-order valence-corrected chi connectivity index (χ4v) is 1.72. The summed E-state index contributed by atoms with van der Waals surface area (Å²) in [5.41, 5.74) is 1.22. The normalized spacial score (nSPS) is 13.8. The maximum Gasteiger partial charge on any atom is 0.0639 e. The van der Waals surface area contributed by atoms with E-state index in [1.54, 1.807) is 0 Å². The summed E-state index contributed by atoms with van der Waals surface area (Å²) in [6.45, 7) is 7.72. The maximum atomic E-state index is 9.42. The van der Waals surface area contributed by atoms with Gasteiger partial charge in [-0.05, 0) is 26.3 Å². The molecule has 0 spiro atoms. The molecule has 1 rings (SSSR count). The van der Waals surface area contributed by atoms with Gasteiger partial charge >= 0.3 is 0 Å². The smallest absolute Gasteiger partial charge is 0.0639 e. The summed E-state index contributed by atoms with van der Waals surface area (Å²) in [6.07, 6.45) is 4.00.